The van der Waals surface area contributed by atoms with E-state index in [-0.39, 0.29) is 0 Å². The van der Waals surface area contributed by atoms with Crippen molar-refractivity contribution in [1.82, 2.24) is 20.0 Å². The van der Waals surface area contributed by atoms with Gasteiger partial charge in [-0.05, 0) is 30.7 Å². The molecule has 0 unspecified atom stereocenters. The van der Waals surface area contributed by atoms with E-state index in [4.69, 9.17) is 0 Å². The molecule has 0 aliphatic rings. The predicted octanol–water partition coefficient (Wildman–Crippen LogP) is 2.64. The van der Waals surface area contributed by atoms with Crippen molar-refractivity contribution in [3.8, 4) is 16.9 Å². The summed E-state index contributed by atoms with van der Waals surface area (Å²) in [7, 11) is 0. The maximum atomic E-state index is 4.17. The number of benzene rings is 1. The number of aryl methyl sites for hydroxylation is 1. The second kappa shape index (κ2) is 4.41. The SMILES string of the molecule is Cc1ccccc1-n1nncc1-c1ccncc1. The zero-order valence-corrected chi connectivity index (χ0v) is 9.99. The third-order valence-corrected chi connectivity index (χ3v) is 2.87. The lowest BCUT2D eigenvalue weighted by atomic mass is 10.1. The highest BCUT2D eigenvalue weighted by Crippen LogP contribution is 2.22. The number of pyridine rings is 1. The molecule has 1 aromatic carbocycles. The van der Waals surface area contributed by atoms with Gasteiger partial charge in [0, 0.05) is 18.0 Å². The van der Waals surface area contributed by atoms with Crippen molar-refractivity contribution < 1.29 is 0 Å². The Bertz CT molecular complexity index is 658. The number of para-hydroxylation sites is 1. The predicted molar refractivity (Wildman–Crippen MR) is 69.3 cm³/mol. The lowest BCUT2D eigenvalue weighted by Crippen LogP contribution is -2.01. The topological polar surface area (TPSA) is 43.6 Å². The largest absolute Gasteiger partial charge is 0.265 e. The molecule has 18 heavy (non-hydrogen) atoms. The summed E-state index contributed by atoms with van der Waals surface area (Å²) in [5, 5.41) is 8.18. The van der Waals surface area contributed by atoms with E-state index >= 15 is 0 Å². The highest BCUT2D eigenvalue weighted by atomic mass is 15.4. The maximum Gasteiger partial charge on any atom is 0.0945 e. The second-order valence-corrected chi connectivity index (χ2v) is 4.05. The molecule has 88 valence electrons. The Morgan fingerprint density at radius 3 is 2.56 bits per heavy atom. The van der Waals surface area contributed by atoms with E-state index in [9.17, 15) is 0 Å². The van der Waals surface area contributed by atoms with E-state index in [1.54, 1.807) is 18.6 Å². The van der Waals surface area contributed by atoms with Gasteiger partial charge in [-0.2, -0.15) is 0 Å². The summed E-state index contributed by atoms with van der Waals surface area (Å²) in [5.74, 6) is 0. The lowest BCUT2D eigenvalue weighted by Gasteiger charge is -2.08. The van der Waals surface area contributed by atoms with E-state index in [0.29, 0.717) is 0 Å². The van der Waals surface area contributed by atoms with Crippen LogP contribution in [0.1, 0.15) is 5.56 Å². The molecule has 2 aromatic heterocycles. The first-order chi connectivity index (χ1) is 8.86. The van der Waals surface area contributed by atoms with Crippen LogP contribution in [-0.4, -0.2) is 20.0 Å². The number of rotatable bonds is 2. The monoisotopic (exact) mass is 236 g/mol. The Balaban J connectivity index is 2.16. The molecule has 2 heterocycles. The summed E-state index contributed by atoms with van der Waals surface area (Å²) in [5.41, 5.74) is 4.23. The van der Waals surface area contributed by atoms with Gasteiger partial charge in [0.15, 0.2) is 0 Å². The first kappa shape index (κ1) is 10.7. The molecule has 0 aliphatic heterocycles. The molecule has 0 N–H and O–H groups in total. The average molecular weight is 236 g/mol. The van der Waals surface area contributed by atoms with E-state index in [1.165, 1.54) is 5.56 Å². The van der Waals surface area contributed by atoms with Crippen molar-refractivity contribution in [2.45, 2.75) is 6.92 Å². The molecule has 3 aromatic rings. The summed E-state index contributed by atoms with van der Waals surface area (Å²) in [4.78, 5) is 4.03. The lowest BCUT2D eigenvalue weighted by molar-refractivity contribution is 0.803. The Morgan fingerprint density at radius 1 is 1.00 bits per heavy atom. The van der Waals surface area contributed by atoms with E-state index in [1.807, 2.05) is 35.0 Å². The molecule has 0 spiro atoms. The fraction of sp³-hybridized carbons (Fsp3) is 0.0714. The molecule has 0 amide bonds. The molecule has 4 nitrogen and oxygen atoms in total. The van der Waals surface area contributed by atoms with Crippen LogP contribution in [0.5, 0.6) is 0 Å². The minimum atomic E-state index is 0.965. The first-order valence-corrected chi connectivity index (χ1v) is 5.73. The van der Waals surface area contributed by atoms with Crippen LogP contribution in [0, 0.1) is 6.92 Å². The summed E-state index contributed by atoms with van der Waals surface area (Å²) >= 11 is 0. The van der Waals surface area contributed by atoms with Crippen LogP contribution in [0.4, 0.5) is 0 Å². The molecular weight excluding hydrogens is 224 g/mol. The average Bonchev–Trinajstić information content (AvgIpc) is 2.89. The van der Waals surface area contributed by atoms with Crippen molar-refractivity contribution in [3.63, 3.8) is 0 Å². The van der Waals surface area contributed by atoms with E-state index in [2.05, 4.69) is 28.3 Å². The van der Waals surface area contributed by atoms with Crippen LogP contribution in [-0.2, 0) is 0 Å². The normalized spacial score (nSPS) is 10.5. The fourth-order valence-electron chi connectivity index (χ4n) is 1.93. The van der Waals surface area contributed by atoms with Gasteiger partial charge >= 0.3 is 0 Å². The van der Waals surface area contributed by atoms with Gasteiger partial charge in [-0.1, -0.05) is 23.4 Å². The molecule has 0 fully saturated rings. The van der Waals surface area contributed by atoms with Gasteiger partial charge in [-0.25, -0.2) is 4.68 Å². The molecule has 0 bridgehead atoms. The standard InChI is InChI=1S/C14H12N4/c1-11-4-2-3-5-13(11)18-14(10-16-17-18)12-6-8-15-9-7-12/h2-10H,1H3. The third kappa shape index (κ3) is 1.78. The Morgan fingerprint density at radius 2 is 1.78 bits per heavy atom. The summed E-state index contributed by atoms with van der Waals surface area (Å²) in [6, 6.07) is 12.0. The highest BCUT2D eigenvalue weighted by molar-refractivity contribution is 5.60. The third-order valence-electron chi connectivity index (χ3n) is 2.87. The zero-order chi connectivity index (χ0) is 12.4. The Labute approximate surface area is 105 Å². The van der Waals surface area contributed by atoms with Crippen molar-refractivity contribution >= 4 is 0 Å². The van der Waals surface area contributed by atoms with Crippen LogP contribution in [0.2, 0.25) is 0 Å². The summed E-state index contributed by atoms with van der Waals surface area (Å²) in [6.07, 6.45) is 5.30. The van der Waals surface area contributed by atoms with Crippen molar-refractivity contribution in [1.29, 1.82) is 0 Å². The van der Waals surface area contributed by atoms with Gasteiger partial charge in [0.25, 0.3) is 0 Å². The number of hydrogen-bond acceptors (Lipinski definition) is 3. The van der Waals surface area contributed by atoms with Gasteiger partial charge in [0.2, 0.25) is 0 Å². The van der Waals surface area contributed by atoms with Crippen molar-refractivity contribution in [2.24, 2.45) is 0 Å². The minimum absolute atomic E-state index is 0.965. The highest BCUT2D eigenvalue weighted by Gasteiger charge is 2.09. The van der Waals surface area contributed by atoms with E-state index < -0.39 is 0 Å². The zero-order valence-electron chi connectivity index (χ0n) is 9.99. The maximum absolute atomic E-state index is 4.17. The number of aromatic nitrogens is 4. The summed E-state index contributed by atoms with van der Waals surface area (Å²) in [6.45, 7) is 2.06. The van der Waals surface area contributed by atoms with Crippen LogP contribution in [0.3, 0.4) is 0 Å². The quantitative estimate of drug-likeness (QED) is 0.687. The number of nitrogens with zero attached hydrogens (tertiary/aromatic N) is 4. The summed E-state index contributed by atoms with van der Waals surface area (Å²) < 4.78 is 1.85. The van der Waals surface area contributed by atoms with Crippen molar-refractivity contribution in [2.75, 3.05) is 0 Å². The fourth-order valence-corrected chi connectivity index (χ4v) is 1.93. The molecule has 0 saturated carbocycles. The first-order valence-electron chi connectivity index (χ1n) is 5.73. The van der Waals surface area contributed by atoms with Crippen LogP contribution in [0.25, 0.3) is 16.9 Å². The van der Waals surface area contributed by atoms with Crippen LogP contribution < -0.4 is 0 Å². The molecule has 0 saturated heterocycles. The number of hydrogen-bond donors (Lipinski definition) is 0. The van der Waals surface area contributed by atoms with Crippen LogP contribution >= 0.6 is 0 Å². The van der Waals surface area contributed by atoms with E-state index in [0.717, 1.165) is 16.9 Å². The van der Waals surface area contributed by atoms with Crippen molar-refractivity contribution in [3.05, 3.63) is 60.6 Å². The molecule has 0 radical (unpaired) electrons. The molecule has 0 aliphatic carbocycles. The van der Waals surface area contributed by atoms with Gasteiger partial charge in [-0.15, -0.1) is 5.10 Å². The Hall–Kier alpha value is -2.49. The smallest absolute Gasteiger partial charge is 0.0945 e. The van der Waals surface area contributed by atoms with Gasteiger partial charge in [-0.3, -0.25) is 4.98 Å². The molecule has 3 rings (SSSR count). The molecular formula is C14H12N4. The Kier molecular flexibility index (Phi) is 2.61. The van der Waals surface area contributed by atoms with Crippen LogP contribution in [0.15, 0.2) is 55.0 Å². The van der Waals surface area contributed by atoms with Gasteiger partial charge in [0.1, 0.15) is 0 Å². The second-order valence-electron chi connectivity index (χ2n) is 4.05. The van der Waals surface area contributed by atoms with Gasteiger partial charge < -0.3 is 0 Å². The molecule has 4 heteroatoms. The van der Waals surface area contributed by atoms with Gasteiger partial charge in [0.05, 0.1) is 17.6 Å². The minimum Gasteiger partial charge on any atom is -0.265 e. The molecule has 0 atom stereocenters.